The fourth-order valence-corrected chi connectivity index (χ4v) is 2.99. The first-order valence-corrected chi connectivity index (χ1v) is 5.70. The van der Waals surface area contributed by atoms with Crippen LogP contribution in [-0.4, -0.2) is 33.3 Å². The van der Waals surface area contributed by atoms with Gasteiger partial charge in [0.15, 0.2) is 0 Å². The lowest BCUT2D eigenvalue weighted by molar-refractivity contribution is -0.152. The molecule has 2 rings (SSSR count). The first-order valence-electron chi connectivity index (χ1n) is 5.70. The second kappa shape index (κ2) is 3.09. The molecule has 0 bridgehead atoms. The van der Waals surface area contributed by atoms with Crippen LogP contribution in [0, 0.1) is 17.3 Å². The molecule has 0 aromatic heterocycles. The highest BCUT2D eigenvalue weighted by Crippen LogP contribution is 2.64. The summed E-state index contributed by atoms with van der Waals surface area (Å²) in [5, 5.41) is 8.81. The van der Waals surface area contributed by atoms with E-state index in [1.165, 1.54) is 0 Å². The van der Waals surface area contributed by atoms with E-state index in [-0.39, 0.29) is 35.5 Å². The van der Waals surface area contributed by atoms with E-state index in [1.54, 1.807) is 13.8 Å². The number of hydrogen-bond acceptors (Lipinski definition) is 3. The molecular weight excluding hydrogens is 222 g/mol. The summed E-state index contributed by atoms with van der Waals surface area (Å²) in [6, 6.07) is 0. The van der Waals surface area contributed by atoms with Gasteiger partial charge < -0.3 is 5.11 Å². The van der Waals surface area contributed by atoms with Crippen molar-refractivity contribution in [3.05, 3.63) is 0 Å². The SMILES string of the molecule is CC1(C)C2C(=O)N(C(C)(C)CC(=O)O)C(=O)C21. The third kappa shape index (κ3) is 1.48. The number of fused-ring (bicyclic) bond motifs is 1. The lowest BCUT2D eigenvalue weighted by Gasteiger charge is -2.35. The van der Waals surface area contributed by atoms with E-state index in [9.17, 15) is 14.4 Å². The summed E-state index contributed by atoms with van der Waals surface area (Å²) >= 11 is 0. The standard InChI is InChI=1S/C12H17NO4/c1-11(2,5-6(14)15)13-9(16)7-8(10(13)17)12(7,3)4/h7-8H,5H2,1-4H3,(H,14,15). The summed E-state index contributed by atoms with van der Waals surface area (Å²) < 4.78 is 0. The van der Waals surface area contributed by atoms with Gasteiger partial charge in [0.2, 0.25) is 11.8 Å². The van der Waals surface area contributed by atoms with Crippen molar-refractivity contribution < 1.29 is 19.5 Å². The van der Waals surface area contributed by atoms with E-state index < -0.39 is 11.5 Å². The highest BCUT2D eigenvalue weighted by Gasteiger charge is 2.73. The van der Waals surface area contributed by atoms with Crippen LogP contribution in [0.15, 0.2) is 0 Å². The zero-order chi connectivity index (χ0) is 13.2. The number of piperidine rings is 1. The molecule has 94 valence electrons. The minimum absolute atomic E-state index is 0.212. The van der Waals surface area contributed by atoms with Gasteiger partial charge >= 0.3 is 5.97 Å². The van der Waals surface area contributed by atoms with Crippen LogP contribution in [-0.2, 0) is 14.4 Å². The Hall–Kier alpha value is -1.39. The Balaban J connectivity index is 2.24. The number of carboxylic acids is 1. The fourth-order valence-electron chi connectivity index (χ4n) is 2.99. The molecule has 2 atom stereocenters. The van der Waals surface area contributed by atoms with Gasteiger partial charge in [-0.2, -0.15) is 0 Å². The predicted molar refractivity (Wildman–Crippen MR) is 58.9 cm³/mol. The summed E-state index contributed by atoms with van der Waals surface area (Å²) in [7, 11) is 0. The molecule has 1 heterocycles. The number of imide groups is 1. The minimum atomic E-state index is -1.00. The number of carbonyl (C=O) groups excluding carboxylic acids is 2. The van der Waals surface area contributed by atoms with Gasteiger partial charge in [-0.05, 0) is 19.3 Å². The van der Waals surface area contributed by atoms with Crippen LogP contribution in [0.2, 0.25) is 0 Å². The zero-order valence-electron chi connectivity index (χ0n) is 10.5. The van der Waals surface area contributed by atoms with E-state index in [0.29, 0.717) is 0 Å². The normalized spacial score (nSPS) is 30.5. The van der Waals surface area contributed by atoms with Gasteiger partial charge in [0.1, 0.15) is 0 Å². The average molecular weight is 239 g/mol. The highest BCUT2D eigenvalue weighted by atomic mass is 16.4. The van der Waals surface area contributed by atoms with Crippen molar-refractivity contribution in [2.24, 2.45) is 17.3 Å². The van der Waals surface area contributed by atoms with Crippen molar-refractivity contribution in [1.82, 2.24) is 4.90 Å². The monoisotopic (exact) mass is 239 g/mol. The Bertz CT molecular complexity index is 400. The quantitative estimate of drug-likeness (QED) is 0.742. The number of nitrogens with zero attached hydrogens (tertiary/aromatic N) is 1. The van der Waals surface area contributed by atoms with Gasteiger partial charge in [-0.3, -0.25) is 19.3 Å². The molecule has 5 heteroatoms. The predicted octanol–water partition coefficient (Wildman–Crippen LogP) is 0.881. The third-order valence-corrected chi connectivity index (χ3v) is 3.99. The summed E-state index contributed by atoms with van der Waals surface area (Å²) in [6.45, 7) is 7.04. The van der Waals surface area contributed by atoms with E-state index in [2.05, 4.69) is 0 Å². The largest absolute Gasteiger partial charge is 0.481 e. The van der Waals surface area contributed by atoms with Crippen molar-refractivity contribution in [2.45, 2.75) is 39.7 Å². The van der Waals surface area contributed by atoms with Crippen molar-refractivity contribution in [3.8, 4) is 0 Å². The second-order valence-electron chi connectivity index (χ2n) is 6.17. The molecule has 0 aromatic rings. The number of carboxylic acid groups (broad SMARTS) is 1. The van der Waals surface area contributed by atoms with E-state index in [4.69, 9.17) is 5.11 Å². The lowest BCUT2D eigenvalue weighted by atomic mass is 9.95. The molecule has 2 fully saturated rings. The molecule has 0 radical (unpaired) electrons. The molecular formula is C12H17NO4. The molecule has 1 aliphatic heterocycles. The maximum absolute atomic E-state index is 12.1. The second-order valence-corrected chi connectivity index (χ2v) is 6.17. The summed E-state index contributed by atoms with van der Waals surface area (Å²) in [4.78, 5) is 36.1. The number of amides is 2. The van der Waals surface area contributed by atoms with E-state index in [0.717, 1.165) is 4.90 Å². The maximum atomic E-state index is 12.1. The molecule has 1 saturated carbocycles. The number of likely N-dealkylation sites (tertiary alicyclic amines) is 1. The van der Waals surface area contributed by atoms with Crippen LogP contribution in [0.4, 0.5) is 0 Å². The molecule has 0 spiro atoms. The topological polar surface area (TPSA) is 74.7 Å². The Labute approximate surface area is 99.8 Å². The Morgan fingerprint density at radius 2 is 1.71 bits per heavy atom. The van der Waals surface area contributed by atoms with Crippen molar-refractivity contribution >= 4 is 17.8 Å². The average Bonchev–Trinajstić information content (AvgIpc) is 2.51. The van der Waals surface area contributed by atoms with Crippen LogP contribution in [0.1, 0.15) is 34.1 Å². The summed E-state index contributed by atoms with van der Waals surface area (Å²) in [5.41, 5.74) is -1.19. The van der Waals surface area contributed by atoms with Gasteiger partial charge in [0.25, 0.3) is 0 Å². The van der Waals surface area contributed by atoms with Crippen LogP contribution >= 0.6 is 0 Å². The Morgan fingerprint density at radius 1 is 1.29 bits per heavy atom. The number of aliphatic carboxylic acids is 1. The first kappa shape index (κ1) is 12.1. The van der Waals surface area contributed by atoms with Gasteiger partial charge in [0, 0.05) is 0 Å². The Morgan fingerprint density at radius 3 is 2.06 bits per heavy atom. The maximum Gasteiger partial charge on any atom is 0.305 e. The number of carbonyl (C=O) groups is 3. The first-order chi connectivity index (χ1) is 7.60. The van der Waals surface area contributed by atoms with Crippen LogP contribution in [0.5, 0.6) is 0 Å². The summed E-state index contributed by atoms with van der Waals surface area (Å²) in [5.74, 6) is -1.92. The van der Waals surface area contributed by atoms with E-state index >= 15 is 0 Å². The Kier molecular flexibility index (Phi) is 2.19. The third-order valence-electron chi connectivity index (χ3n) is 3.99. The lowest BCUT2D eigenvalue weighted by Crippen LogP contribution is -2.51. The fraction of sp³-hybridized carbons (Fsp3) is 0.750. The highest BCUT2D eigenvalue weighted by molar-refractivity contribution is 6.11. The van der Waals surface area contributed by atoms with Gasteiger partial charge in [0.05, 0.1) is 23.8 Å². The smallest absolute Gasteiger partial charge is 0.305 e. The minimum Gasteiger partial charge on any atom is -0.481 e. The van der Waals surface area contributed by atoms with Crippen molar-refractivity contribution in [1.29, 1.82) is 0 Å². The molecule has 5 nitrogen and oxygen atoms in total. The summed E-state index contributed by atoms with van der Waals surface area (Å²) in [6.07, 6.45) is -0.218. The van der Waals surface area contributed by atoms with Crippen molar-refractivity contribution in [2.75, 3.05) is 0 Å². The van der Waals surface area contributed by atoms with Gasteiger partial charge in [-0.15, -0.1) is 0 Å². The molecule has 1 aliphatic carbocycles. The molecule has 1 saturated heterocycles. The number of hydrogen-bond donors (Lipinski definition) is 1. The van der Waals surface area contributed by atoms with Crippen LogP contribution < -0.4 is 0 Å². The molecule has 1 N–H and O–H groups in total. The molecule has 0 aromatic carbocycles. The number of rotatable bonds is 3. The van der Waals surface area contributed by atoms with Crippen LogP contribution in [0.25, 0.3) is 0 Å². The van der Waals surface area contributed by atoms with Gasteiger partial charge in [-0.1, -0.05) is 13.8 Å². The van der Waals surface area contributed by atoms with Crippen molar-refractivity contribution in [3.63, 3.8) is 0 Å². The van der Waals surface area contributed by atoms with E-state index in [1.807, 2.05) is 13.8 Å². The zero-order valence-corrected chi connectivity index (χ0v) is 10.5. The molecule has 2 amide bonds. The molecule has 2 unspecified atom stereocenters. The van der Waals surface area contributed by atoms with Crippen LogP contribution in [0.3, 0.4) is 0 Å². The molecule has 2 aliphatic rings. The van der Waals surface area contributed by atoms with Gasteiger partial charge in [-0.25, -0.2) is 0 Å². The molecule has 17 heavy (non-hydrogen) atoms.